The number of benzene rings is 1. The summed E-state index contributed by atoms with van der Waals surface area (Å²) in [6.07, 6.45) is 0.471. The lowest BCUT2D eigenvalue weighted by molar-refractivity contribution is -0.384. The highest BCUT2D eigenvalue weighted by molar-refractivity contribution is 5.73. The number of nitro groups is 1. The van der Waals surface area contributed by atoms with Crippen LogP contribution < -0.4 is 5.32 Å². The monoisotopic (exact) mass is 266 g/mol. The first kappa shape index (κ1) is 14.9. The van der Waals surface area contributed by atoms with Gasteiger partial charge in [-0.1, -0.05) is 0 Å². The van der Waals surface area contributed by atoms with Crippen molar-refractivity contribution in [2.45, 2.75) is 27.2 Å². The number of nitrogens with one attached hydrogen (secondary N) is 1. The van der Waals surface area contributed by atoms with E-state index in [2.05, 4.69) is 5.32 Å². The summed E-state index contributed by atoms with van der Waals surface area (Å²) in [4.78, 5) is 21.1. The summed E-state index contributed by atoms with van der Waals surface area (Å²) in [5, 5.41) is 22.7. The quantitative estimate of drug-likeness (QED) is 0.610. The van der Waals surface area contributed by atoms with Crippen LogP contribution in [0.15, 0.2) is 18.2 Å². The molecule has 0 bridgehead atoms. The van der Waals surface area contributed by atoms with Gasteiger partial charge in [-0.3, -0.25) is 14.9 Å². The molecule has 0 saturated carbocycles. The molecule has 0 heterocycles. The molecule has 6 heteroatoms. The van der Waals surface area contributed by atoms with E-state index in [0.717, 1.165) is 11.3 Å². The molecule has 104 valence electrons. The standard InChI is InChI=1S/C13H18N2O4/c1-9-8-10(15(18)19)4-5-11(9)14-7-6-13(2,3)12(16)17/h4-5,8,14H,6-7H2,1-3H3,(H,16,17). The third-order valence-corrected chi connectivity index (χ3v) is 3.07. The van der Waals surface area contributed by atoms with Gasteiger partial charge in [-0.15, -0.1) is 0 Å². The fourth-order valence-corrected chi connectivity index (χ4v) is 1.58. The van der Waals surface area contributed by atoms with Crippen molar-refractivity contribution < 1.29 is 14.8 Å². The van der Waals surface area contributed by atoms with Gasteiger partial charge in [0.2, 0.25) is 0 Å². The summed E-state index contributed by atoms with van der Waals surface area (Å²) < 4.78 is 0. The molecule has 0 aliphatic carbocycles. The lowest BCUT2D eigenvalue weighted by Crippen LogP contribution is -2.26. The number of carbonyl (C=O) groups is 1. The Morgan fingerprint density at radius 3 is 2.58 bits per heavy atom. The van der Waals surface area contributed by atoms with E-state index in [1.807, 2.05) is 0 Å². The molecule has 2 N–H and O–H groups in total. The number of hydrogen-bond acceptors (Lipinski definition) is 4. The highest BCUT2D eigenvalue weighted by Gasteiger charge is 2.26. The van der Waals surface area contributed by atoms with Crippen molar-refractivity contribution in [2.24, 2.45) is 5.41 Å². The maximum Gasteiger partial charge on any atom is 0.309 e. The summed E-state index contributed by atoms with van der Waals surface area (Å²) in [6, 6.07) is 4.56. The minimum Gasteiger partial charge on any atom is -0.481 e. The van der Waals surface area contributed by atoms with E-state index in [0.29, 0.717) is 13.0 Å². The van der Waals surface area contributed by atoms with Gasteiger partial charge in [0.25, 0.3) is 5.69 Å². The van der Waals surface area contributed by atoms with Crippen molar-refractivity contribution in [2.75, 3.05) is 11.9 Å². The second kappa shape index (κ2) is 5.69. The Kier molecular flexibility index (Phi) is 4.47. The van der Waals surface area contributed by atoms with E-state index >= 15 is 0 Å². The molecule has 0 aromatic heterocycles. The number of nitrogens with zero attached hydrogens (tertiary/aromatic N) is 1. The topological polar surface area (TPSA) is 92.5 Å². The number of aryl methyl sites for hydroxylation is 1. The van der Waals surface area contributed by atoms with Gasteiger partial charge in [0.1, 0.15) is 0 Å². The minimum atomic E-state index is -0.838. The van der Waals surface area contributed by atoms with Gasteiger partial charge in [0.15, 0.2) is 0 Å². The summed E-state index contributed by atoms with van der Waals surface area (Å²) in [7, 11) is 0. The Bertz CT molecular complexity index is 497. The third kappa shape index (κ3) is 3.94. The fraction of sp³-hybridized carbons (Fsp3) is 0.462. The van der Waals surface area contributed by atoms with Crippen molar-refractivity contribution in [3.8, 4) is 0 Å². The first-order valence-corrected chi connectivity index (χ1v) is 5.96. The summed E-state index contributed by atoms with van der Waals surface area (Å²) >= 11 is 0. The Labute approximate surface area is 111 Å². The molecule has 1 rings (SSSR count). The summed E-state index contributed by atoms with van der Waals surface area (Å²) in [5.41, 5.74) is 0.810. The zero-order valence-electron chi connectivity index (χ0n) is 11.3. The zero-order chi connectivity index (χ0) is 14.6. The molecule has 6 nitrogen and oxygen atoms in total. The molecule has 0 radical (unpaired) electrons. The molecule has 0 spiro atoms. The Morgan fingerprint density at radius 2 is 2.11 bits per heavy atom. The third-order valence-electron chi connectivity index (χ3n) is 3.07. The van der Waals surface area contributed by atoms with Gasteiger partial charge in [0.05, 0.1) is 10.3 Å². The average molecular weight is 266 g/mol. The van der Waals surface area contributed by atoms with Gasteiger partial charge < -0.3 is 10.4 Å². The number of aliphatic carboxylic acids is 1. The van der Waals surface area contributed by atoms with E-state index in [1.54, 1.807) is 26.8 Å². The van der Waals surface area contributed by atoms with Crippen molar-refractivity contribution in [1.29, 1.82) is 0 Å². The van der Waals surface area contributed by atoms with Crippen LogP contribution in [0.3, 0.4) is 0 Å². The van der Waals surface area contributed by atoms with Crippen LogP contribution in [0.1, 0.15) is 25.8 Å². The molecule has 1 aromatic rings. The first-order valence-electron chi connectivity index (χ1n) is 5.96. The Morgan fingerprint density at radius 1 is 1.47 bits per heavy atom. The van der Waals surface area contributed by atoms with Crippen LogP contribution >= 0.6 is 0 Å². The average Bonchev–Trinajstić information content (AvgIpc) is 2.30. The van der Waals surface area contributed by atoms with E-state index in [9.17, 15) is 14.9 Å². The van der Waals surface area contributed by atoms with Gasteiger partial charge >= 0.3 is 5.97 Å². The lowest BCUT2D eigenvalue weighted by atomic mass is 9.89. The largest absolute Gasteiger partial charge is 0.481 e. The predicted octanol–water partition coefficient (Wildman–Crippen LogP) is 2.82. The molecule has 0 aliphatic rings. The van der Waals surface area contributed by atoms with Crippen LogP contribution in [0, 0.1) is 22.5 Å². The van der Waals surface area contributed by atoms with E-state index in [-0.39, 0.29) is 5.69 Å². The maximum atomic E-state index is 10.9. The van der Waals surface area contributed by atoms with Crippen molar-refractivity contribution in [1.82, 2.24) is 0 Å². The molecule has 0 amide bonds. The molecule has 0 aliphatic heterocycles. The van der Waals surface area contributed by atoms with Crippen molar-refractivity contribution in [3.63, 3.8) is 0 Å². The number of carboxylic acids is 1. The van der Waals surface area contributed by atoms with Crippen LogP contribution in [0.5, 0.6) is 0 Å². The molecule has 1 aromatic carbocycles. The van der Waals surface area contributed by atoms with Crippen LogP contribution in [-0.2, 0) is 4.79 Å². The molecule has 0 saturated heterocycles. The van der Waals surface area contributed by atoms with Gasteiger partial charge in [-0.25, -0.2) is 0 Å². The molecule has 0 atom stereocenters. The number of carboxylic acid groups (broad SMARTS) is 1. The Balaban J connectivity index is 2.64. The highest BCUT2D eigenvalue weighted by atomic mass is 16.6. The van der Waals surface area contributed by atoms with Gasteiger partial charge in [-0.05, 0) is 38.8 Å². The van der Waals surface area contributed by atoms with Crippen LogP contribution in [-0.4, -0.2) is 22.5 Å². The molecule has 0 unspecified atom stereocenters. The van der Waals surface area contributed by atoms with E-state index < -0.39 is 16.3 Å². The van der Waals surface area contributed by atoms with Crippen LogP contribution in [0.4, 0.5) is 11.4 Å². The number of nitro benzene ring substituents is 1. The molecule has 19 heavy (non-hydrogen) atoms. The summed E-state index contributed by atoms with van der Waals surface area (Å²) in [6.45, 7) is 5.61. The SMILES string of the molecule is Cc1cc([N+](=O)[O-])ccc1NCCC(C)(C)C(=O)O. The van der Waals surface area contributed by atoms with Crippen LogP contribution in [0.2, 0.25) is 0 Å². The number of anilines is 1. The van der Waals surface area contributed by atoms with Crippen LogP contribution in [0.25, 0.3) is 0 Å². The maximum absolute atomic E-state index is 10.9. The predicted molar refractivity (Wildman–Crippen MR) is 72.4 cm³/mol. The highest BCUT2D eigenvalue weighted by Crippen LogP contribution is 2.23. The normalized spacial score (nSPS) is 11.1. The van der Waals surface area contributed by atoms with Gasteiger partial charge in [0, 0.05) is 24.4 Å². The lowest BCUT2D eigenvalue weighted by Gasteiger charge is -2.19. The molecule has 0 fully saturated rings. The van der Waals surface area contributed by atoms with E-state index in [4.69, 9.17) is 5.11 Å². The number of non-ortho nitro benzene ring substituents is 1. The van der Waals surface area contributed by atoms with E-state index in [1.165, 1.54) is 12.1 Å². The van der Waals surface area contributed by atoms with Gasteiger partial charge in [-0.2, -0.15) is 0 Å². The second-order valence-electron chi connectivity index (χ2n) is 5.12. The fourth-order valence-electron chi connectivity index (χ4n) is 1.58. The molecular weight excluding hydrogens is 248 g/mol. The summed E-state index contributed by atoms with van der Waals surface area (Å²) in [5.74, 6) is -0.838. The zero-order valence-corrected chi connectivity index (χ0v) is 11.3. The number of hydrogen-bond donors (Lipinski definition) is 2. The minimum absolute atomic E-state index is 0.0499. The molecular formula is C13H18N2O4. The Hall–Kier alpha value is -2.11. The smallest absolute Gasteiger partial charge is 0.309 e. The van der Waals surface area contributed by atoms with Crippen molar-refractivity contribution in [3.05, 3.63) is 33.9 Å². The van der Waals surface area contributed by atoms with Crippen molar-refractivity contribution >= 4 is 17.3 Å². The second-order valence-corrected chi connectivity index (χ2v) is 5.12. The first-order chi connectivity index (χ1) is 8.74. The number of rotatable bonds is 6.